The van der Waals surface area contributed by atoms with E-state index in [1.54, 1.807) is 0 Å². The largest absolute Gasteiger partial charge is 0.356 e. The molecule has 0 atom stereocenters. The topological polar surface area (TPSA) is 70.7 Å². The number of aromatic nitrogens is 3. The van der Waals surface area contributed by atoms with Gasteiger partial charge in [-0.3, -0.25) is 9.89 Å². The minimum absolute atomic E-state index is 0.193. The van der Waals surface area contributed by atoms with Crippen LogP contribution in [0.4, 0.5) is 0 Å². The van der Waals surface area contributed by atoms with Crippen molar-refractivity contribution >= 4 is 5.91 Å². The molecule has 1 amide bonds. The molecule has 20 heavy (non-hydrogen) atoms. The number of carbonyl (C=O) groups is 1. The summed E-state index contributed by atoms with van der Waals surface area (Å²) in [5.74, 6) is 1.96. The van der Waals surface area contributed by atoms with Gasteiger partial charge in [0.05, 0.1) is 0 Å². The van der Waals surface area contributed by atoms with Gasteiger partial charge in [-0.25, -0.2) is 4.98 Å². The van der Waals surface area contributed by atoms with Gasteiger partial charge >= 0.3 is 0 Å². The Morgan fingerprint density at radius 1 is 1.30 bits per heavy atom. The first-order valence-electron chi connectivity index (χ1n) is 7.95. The van der Waals surface area contributed by atoms with E-state index in [1.165, 1.54) is 44.9 Å². The number of nitrogens with zero attached hydrogens (tertiary/aromatic N) is 2. The van der Waals surface area contributed by atoms with Gasteiger partial charge in [0.15, 0.2) is 0 Å². The third-order valence-corrected chi connectivity index (χ3v) is 4.12. The van der Waals surface area contributed by atoms with E-state index in [0.29, 0.717) is 6.42 Å². The molecule has 0 aliphatic heterocycles. The second kappa shape index (κ2) is 8.72. The molecule has 0 saturated heterocycles. The fourth-order valence-electron chi connectivity index (χ4n) is 2.95. The lowest BCUT2D eigenvalue weighted by atomic mass is 9.86. The van der Waals surface area contributed by atoms with Crippen LogP contribution in [0.2, 0.25) is 0 Å². The van der Waals surface area contributed by atoms with Gasteiger partial charge in [0.1, 0.15) is 12.2 Å². The average Bonchev–Trinajstić information content (AvgIpc) is 2.98. The van der Waals surface area contributed by atoms with Gasteiger partial charge in [-0.05, 0) is 25.2 Å². The SMILES string of the molecule is O=C(CCCC1CCCCC1)NCCCc1ncn[nH]1. The van der Waals surface area contributed by atoms with Crippen molar-refractivity contribution < 1.29 is 4.79 Å². The summed E-state index contributed by atoms with van der Waals surface area (Å²) in [4.78, 5) is 15.8. The van der Waals surface area contributed by atoms with E-state index < -0.39 is 0 Å². The highest BCUT2D eigenvalue weighted by atomic mass is 16.1. The molecule has 0 bridgehead atoms. The Morgan fingerprint density at radius 3 is 2.90 bits per heavy atom. The van der Waals surface area contributed by atoms with Gasteiger partial charge in [0.25, 0.3) is 0 Å². The van der Waals surface area contributed by atoms with E-state index in [2.05, 4.69) is 20.5 Å². The number of aromatic amines is 1. The van der Waals surface area contributed by atoms with E-state index in [-0.39, 0.29) is 5.91 Å². The molecule has 2 N–H and O–H groups in total. The van der Waals surface area contributed by atoms with Gasteiger partial charge in [0, 0.05) is 19.4 Å². The molecule has 0 radical (unpaired) electrons. The summed E-state index contributed by atoms with van der Waals surface area (Å²) in [6, 6.07) is 0. The standard InChI is InChI=1S/C15H26N4O/c20-15(10-4-8-13-6-2-1-3-7-13)16-11-5-9-14-17-12-18-19-14/h12-13H,1-11H2,(H,16,20)(H,17,18,19). The van der Waals surface area contributed by atoms with E-state index in [4.69, 9.17) is 0 Å². The van der Waals surface area contributed by atoms with Crippen LogP contribution in [-0.4, -0.2) is 27.6 Å². The van der Waals surface area contributed by atoms with Crippen LogP contribution in [0.15, 0.2) is 6.33 Å². The maximum atomic E-state index is 11.7. The Hall–Kier alpha value is -1.39. The summed E-state index contributed by atoms with van der Waals surface area (Å²) in [6.07, 6.45) is 13.1. The number of hydrogen-bond acceptors (Lipinski definition) is 3. The highest BCUT2D eigenvalue weighted by Gasteiger charge is 2.13. The lowest BCUT2D eigenvalue weighted by Crippen LogP contribution is -2.24. The van der Waals surface area contributed by atoms with Gasteiger partial charge in [-0.2, -0.15) is 5.10 Å². The average molecular weight is 278 g/mol. The van der Waals surface area contributed by atoms with Crippen LogP contribution >= 0.6 is 0 Å². The lowest BCUT2D eigenvalue weighted by Gasteiger charge is -2.21. The van der Waals surface area contributed by atoms with Crippen molar-refractivity contribution in [2.75, 3.05) is 6.54 Å². The molecule has 1 saturated carbocycles. The third-order valence-electron chi connectivity index (χ3n) is 4.12. The zero-order chi connectivity index (χ0) is 14.0. The van der Waals surface area contributed by atoms with E-state index in [9.17, 15) is 4.79 Å². The number of amides is 1. The summed E-state index contributed by atoms with van der Waals surface area (Å²) in [7, 11) is 0. The summed E-state index contributed by atoms with van der Waals surface area (Å²) < 4.78 is 0. The number of nitrogens with one attached hydrogen (secondary N) is 2. The van der Waals surface area contributed by atoms with E-state index in [0.717, 1.165) is 37.5 Å². The predicted octanol–water partition coefficient (Wildman–Crippen LogP) is 2.60. The van der Waals surface area contributed by atoms with Crippen LogP contribution in [0.3, 0.4) is 0 Å². The first-order valence-corrected chi connectivity index (χ1v) is 7.95. The fourth-order valence-corrected chi connectivity index (χ4v) is 2.95. The number of hydrogen-bond donors (Lipinski definition) is 2. The van der Waals surface area contributed by atoms with Crippen molar-refractivity contribution in [1.82, 2.24) is 20.5 Å². The quantitative estimate of drug-likeness (QED) is 0.718. The third kappa shape index (κ3) is 5.72. The molecule has 5 nitrogen and oxygen atoms in total. The molecule has 1 heterocycles. The molecule has 1 aliphatic carbocycles. The molecule has 112 valence electrons. The van der Waals surface area contributed by atoms with Gasteiger partial charge in [0.2, 0.25) is 5.91 Å². The normalized spacial score (nSPS) is 16.2. The van der Waals surface area contributed by atoms with Crippen molar-refractivity contribution in [3.05, 3.63) is 12.2 Å². The van der Waals surface area contributed by atoms with Crippen molar-refractivity contribution in [3.63, 3.8) is 0 Å². The van der Waals surface area contributed by atoms with Crippen molar-refractivity contribution in [1.29, 1.82) is 0 Å². The fraction of sp³-hybridized carbons (Fsp3) is 0.800. The second-order valence-corrected chi connectivity index (χ2v) is 5.78. The minimum atomic E-state index is 0.193. The number of rotatable bonds is 8. The van der Waals surface area contributed by atoms with Gasteiger partial charge < -0.3 is 5.32 Å². The van der Waals surface area contributed by atoms with Crippen LogP contribution in [0.25, 0.3) is 0 Å². The molecule has 0 unspecified atom stereocenters. The Labute approximate surface area is 120 Å². The summed E-state index contributed by atoms with van der Waals surface area (Å²) in [5, 5.41) is 9.60. The molecule has 0 aromatic carbocycles. The van der Waals surface area contributed by atoms with Crippen LogP contribution in [0.5, 0.6) is 0 Å². The molecule has 1 fully saturated rings. The van der Waals surface area contributed by atoms with E-state index >= 15 is 0 Å². The maximum Gasteiger partial charge on any atom is 0.219 e. The number of H-pyrrole nitrogens is 1. The molecular weight excluding hydrogens is 252 g/mol. The van der Waals surface area contributed by atoms with Crippen molar-refractivity contribution in [3.8, 4) is 0 Å². The van der Waals surface area contributed by atoms with Crippen molar-refractivity contribution in [2.45, 2.75) is 64.2 Å². The van der Waals surface area contributed by atoms with Crippen LogP contribution < -0.4 is 5.32 Å². The first-order chi connectivity index (χ1) is 9.84. The molecule has 0 spiro atoms. The second-order valence-electron chi connectivity index (χ2n) is 5.78. The van der Waals surface area contributed by atoms with Crippen molar-refractivity contribution in [2.24, 2.45) is 5.92 Å². The van der Waals surface area contributed by atoms with E-state index in [1.807, 2.05) is 0 Å². The molecule has 1 aromatic heterocycles. The van der Waals surface area contributed by atoms with Gasteiger partial charge in [-0.1, -0.05) is 32.1 Å². The summed E-state index contributed by atoms with van der Waals surface area (Å²) in [5.41, 5.74) is 0. The minimum Gasteiger partial charge on any atom is -0.356 e. The Balaban J connectivity index is 1.45. The summed E-state index contributed by atoms with van der Waals surface area (Å²) in [6.45, 7) is 0.725. The Kier molecular flexibility index (Phi) is 6.54. The molecule has 1 aliphatic rings. The molecular formula is C15H26N4O. The zero-order valence-corrected chi connectivity index (χ0v) is 12.2. The maximum absolute atomic E-state index is 11.7. The molecule has 1 aromatic rings. The smallest absolute Gasteiger partial charge is 0.219 e. The highest BCUT2D eigenvalue weighted by molar-refractivity contribution is 5.75. The van der Waals surface area contributed by atoms with Crippen LogP contribution in [0.1, 0.15) is 63.6 Å². The Morgan fingerprint density at radius 2 is 2.15 bits per heavy atom. The molecule has 2 rings (SSSR count). The lowest BCUT2D eigenvalue weighted by molar-refractivity contribution is -0.121. The highest BCUT2D eigenvalue weighted by Crippen LogP contribution is 2.27. The summed E-state index contributed by atoms with van der Waals surface area (Å²) >= 11 is 0. The van der Waals surface area contributed by atoms with Crippen LogP contribution in [0, 0.1) is 5.92 Å². The Bertz CT molecular complexity index is 371. The van der Waals surface area contributed by atoms with Gasteiger partial charge in [-0.15, -0.1) is 0 Å². The monoisotopic (exact) mass is 278 g/mol. The van der Waals surface area contributed by atoms with Crippen LogP contribution in [-0.2, 0) is 11.2 Å². The number of carbonyl (C=O) groups excluding carboxylic acids is 1. The first kappa shape index (κ1) is 15.0. The number of aryl methyl sites for hydroxylation is 1. The molecule has 5 heteroatoms. The predicted molar refractivity (Wildman–Crippen MR) is 78.1 cm³/mol. The zero-order valence-electron chi connectivity index (χ0n) is 12.2.